The van der Waals surface area contributed by atoms with Gasteiger partial charge in [-0.2, -0.15) is 5.10 Å². The fourth-order valence-corrected chi connectivity index (χ4v) is 3.24. The van der Waals surface area contributed by atoms with Crippen LogP contribution in [-0.4, -0.2) is 21.9 Å². The van der Waals surface area contributed by atoms with Gasteiger partial charge >= 0.3 is 0 Å². The summed E-state index contributed by atoms with van der Waals surface area (Å²) < 4.78 is 2.00. The maximum absolute atomic E-state index is 4.74. The van der Waals surface area contributed by atoms with E-state index in [4.69, 9.17) is 5.10 Å². The Hall–Kier alpha value is -1.35. The molecule has 3 rings (SSSR count). The molecular weight excluding hydrogens is 234 g/mol. The second-order valence-corrected chi connectivity index (χ2v) is 6.06. The van der Waals surface area contributed by atoms with Gasteiger partial charge in [-0.15, -0.1) is 0 Å². The molecule has 19 heavy (non-hydrogen) atoms. The van der Waals surface area contributed by atoms with Crippen LogP contribution in [0.3, 0.4) is 0 Å². The Labute approximate surface area is 115 Å². The van der Waals surface area contributed by atoms with Crippen molar-refractivity contribution in [3.05, 3.63) is 30.0 Å². The molecule has 2 aromatic rings. The van der Waals surface area contributed by atoms with Crippen molar-refractivity contribution in [3.8, 4) is 0 Å². The summed E-state index contributed by atoms with van der Waals surface area (Å²) in [4.78, 5) is 0. The highest BCUT2D eigenvalue weighted by molar-refractivity contribution is 5.81. The van der Waals surface area contributed by atoms with Gasteiger partial charge in [0.25, 0.3) is 0 Å². The standard InChI is InChI=1S/C16H23N3/c1-16(10-6-3-7-11-17-16)12-14-13-8-4-5-9-15(13)19(2)18-14/h4-5,8-9,17H,3,6-7,10-12H2,1-2H3. The summed E-state index contributed by atoms with van der Waals surface area (Å²) in [5, 5.41) is 9.77. The maximum atomic E-state index is 4.74. The summed E-state index contributed by atoms with van der Waals surface area (Å²) >= 11 is 0. The predicted octanol–water partition coefficient (Wildman–Crippen LogP) is 3.04. The van der Waals surface area contributed by atoms with Crippen LogP contribution in [0.5, 0.6) is 0 Å². The van der Waals surface area contributed by atoms with Crippen molar-refractivity contribution >= 4 is 10.9 Å². The van der Waals surface area contributed by atoms with Gasteiger partial charge in [-0.05, 0) is 32.4 Å². The SMILES string of the molecule is Cn1nc(CC2(C)CCCCCN2)c2ccccc21. The summed E-state index contributed by atoms with van der Waals surface area (Å²) in [5.41, 5.74) is 2.66. The van der Waals surface area contributed by atoms with Gasteiger partial charge in [-0.1, -0.05) is 31.0 Å². The lowest BCUT2D eigenvalue weighted by atomic mass is 9.90. The summed E-state index contributed by atoms with van der Waals surface area (Å²) in [6, 6.07) is 8.53. The molecule has 1 unspecified atom stereocenters. The normalized spacial score (nSPS) is 24.5. The van der Waals surface area contributed by atoms with Gasteiger partial charge in [0.05, 0.1) is 11.2 Å². The molecule has 1 aliphatic heterocycles. The fraction of sp³-hybridized carbons (Fsp3) is 0.562. The summed E-state index contributed by atoms with van der Waals surface area (Å²) in [6.45, 7) is 3.49. The first-order valence-corrected chi connectivity index (χ1v) is 7.34. The number of hydrogen-bond acceptors (Lipinski definition) is 2. The van der Waals surface area contributed by atoms with E-state index in [-0.39, 0.29) is 5.54 Å². The second-order valence-electron chi connectivity index (χ2n) is 6.06. The van der Waals surface area contributed by atoms with Crippen molar-refractivity contribution in [2.75, 3.05) is 6.54 Å². The van der Waals surface area contributed by atoms with E-state index >= 15 is 0 Å². The van der Waals surface area contributed by atoms with E-state index in [1.807, 2.05) is 11.7 Å². The minimum absolute atomic E-state index is 0.202. The van der Waals surface area contributed by atoms with Crippen LogP contribution >= 0.6 is 0 Å². The molecule has 2 heterocycles. The number of para-hydroxylation sites is 1. The van der Waals surface area contributed by atoms with E-state index in [2.05, 4.69) is 36.5 Å². The van der Waals surface area contributed by atoms with E-state index in [9.17, 15) is 0 Å². The lowest BCUT2D eigenvalue weighted by molar-refractivity contribution is 0.342. The van der Waals surface area contributed by atoms with Gasteiger partial charge in [0.2, 0.25) is 0 Å². The maximum Gasteiger partial charge on any atom is 0.0721 e. The Morgan fingerprint density at radius 3 is 3.00 bits per heavy atom. The van der Waals surface area contributed by atoms with Crippen LogP contribution in [0.2, 0.25) is 0 Å². The van der Waals surface area contributed by atoms with Gasteiger partial charge in [0.1, 0.15) is 0 Å². The zero-order chi connectivity index (χ0) is 13.3. The molecule has 1 fully saturated rings. The number of benzene rings is 1. The predicted molar refractivity (Wildman–Crippen MR) is 79.3 cm³/mol. The van der Waals surface area contributed by atoms with Gasteiger partial charge in [-0.3, -0.25) is 4.68 Å². The molecule has 102 valence electrons. The molecule has 1 atom stereocenters. The molecule has 3 nitrogen and oxygen atoms in total. The second kappa shape index (κ2) is 4.97. The van der Waals surface area contributed by atoms with Crippen LogP contribution in [0.1, 0.15) is 38.3 Å². The zero-order valence-corrected chi connectivity index (χ0v) is 11.9. The summed E-state index contributed by atoms with van der Waals surface area (Å²) in [7, 11) is 2.04. The third kappa shape index (κ3) is 2.52. The third-order valence-corrected chi connectivity index (χ3v) is 4.35. The Bertz CT molecular complexity index is 562. The Balaban J connectivity index is 1.92. The molecule has 1 N–H and O–H groups in total. The average Bonchev–Trinajstić information content (AvgIpc) is 2.58. The van der Waals surface area contributed by atoms with Crippen molar-refractivity contribution in [1.82, 2.24) is 15.1 Å². The van der Waals surface area contributed by atoms with E-state index < -0.39 is 0 Å². The molecule has 0 radical (unpaired) electrons. The number of rotatable bonds is 2. The molecule has 1 aromatic heterocycles. The number of fused-ring (bicyclic) bond motifs is 1. The molecule has 0 aliphatic carbocycles. The third-order valence-electron chi connectivity index (χ3n) is 4.35. The Morgan fingerprint density at radius 1 is 1.26 bits per heavy atom. The first-order chi connectivity index (χ1) is 9.18. The van der Waals surface area contributed by atoms with E-state index in [0.29, 0.717) is 0 Å². The van der Waals surface area contributed by atoms with Crippen LogP contribution in [0.25, 0.3) is 10.9 Å². The van der Waals surface area contributed by atoms with Gasteiger partial charge < -0.3 is 5.32 Å². The molecular formula is C16H23N3. The zero-order valence-electron chi connectivity index (χ0n) is 11.9. The van der Waals surface area contributed by atoms with Gasteiger partial charge in [0.15, 0.2) is 0 Å². The van der Waals surface area contributed by atoms with Gasteiger partial charge in [0, 0.05) is 24.4 Å². The van der Waals surface area contributed by atoms with E-state index in [1.165, 1.54) is 42.3 Å². The number of nitrogens with one attached hydrogen (secondary N) is 1. The monoisotopic (exact) mass is 257 g/mol. The van der Waals surface area contributed by atoms with E-state index in [0.717, 1.165) is 13.0 Å². The van der Waals surface area contributed by atoms with Crippen molar-refractivity contribution in [2.45, 2.75) is 44.6 Å². The molecule has 3 heteroatoms. The topological polar surface area (TPSA) is 29.9 Å². The highest BCUT2D eigenvalue weighted by atomic mass is 15.3. The molecule has 1 saturated heterocycles. The van der Waals surface area contributed by atoms with E-state index in [1.54, 1.807) is 0 Å². The van der Waals surface area contributed by atoms with Crippen molar-refractivity contribution in [3.63, 3.8) is 0 Å². The smallest absolute Gasteiger partial charge is 0.0721 e. The lowest BCUT2D eigenvalue weighted by Gasteiger charge is -2.28. The van der Waals surface area contributed by atoms with Crippen LogP contribution in [0.15, 0.2) is 24.3 Å². The lowest BCUT2D eigenvalue weighted by Crippen LogP contribution is -2.43. The Kier molecular flexibility index (Phi) is 3.31. The van der Waals surface area contributed by atoms with Crippen LogP contribution in [0.4, 0.5) is 0 Å². The van der Waals surface area contributed by atoms with Crippen LogP contribution in [-0.2, 0) is 13.5 Å². The molecule has 0 saturated carbocycles. The summed E-state index contributed by atoms with van der Waals surface area (Å²) in [6.07, 6.45) is 6.25. The minimum atomic E-state index is 0.202. The number of hydrogen-bond donors (Lipinski definition) is 1. The number of aromatic nitrogens is 2. The Morgan fingerprint density at radius 2 is 2.11 bits per heavy atom. The quantitative estimate of drug-likeness (QED) is 0.896. The molecule has 1 aliphatic rings. The molecule has 0 spiro atoms. The first-order valence-electron chi connectivity index (χ1n) is 7.34. The first kappa shape index (κ1) is 12.7. The average molecular weight is 257 g/mol. The largest absolute Gasteiger partial charge is 0.311 e. The van der Waals surface area contributed by atoms with Crippen molar-refractivity contribution < 1.29 is 0 Å². The van der Waals surface area contributed by atoms with Crippen LogP contribution < -0.4 is 5.32 Å². The number of aryl methyl sites for hydroxylation is 1. The molecule has 1 aromatic carbocycles. The highest BCUT2D eigenvalue weighted by Crippen LogP contribution is 2.26. The van der Waals surface area contributed by atoms with Gasteiger partial charge in [-0.25, -0.2) is 0 Å². The van der Waals surface area contributed by atoms with Crippen LogP contribution in [0, 0.1) is 0 Å². The minimum Gasteiger partial charge on any atom is -0.311 e. The van der Waals surface area contributed by atoms with Crippen molar-refractivity contribution in [1.29, 1.82) is 0 Å². The summed E-state index contributed by atoms with van der Waals surface area (Å²) in [5.74, 6) is 0. The molecule has 0 amide bonds. The molecule has 0 bridgehead atoms. The van der Waals surface area contributed by atoms with Crippen molar-refractivity contribution in [2.24, 2.45) is 7.05 Å². The fourth-order valence-electron chi connectivity index (χ4n) is 3.24. The highest BCUT2D eigenvalue weighted by Gasteiger charge is 2.27. The number of nitrogens with zero attached hydrogens (tertiary/aromatic N) is 2.